The van der Waals surface area contributed by atoms with Crippen LogP contribution in [0.3, 0.4) is 0 Å². The van der Waals surface area contributed by atoms with Crippen molar-refractivity contribution in [1.82, 2.24) is 9.80 Å². The Kier molecular flexibility index (Phi) is 5.19. The first-order valence-corrected chi connectivity index (χ1v) is 10.0. The number of ether oxygens (including phenoxy) is 2. The van der Waals surface area contributed by atoms with Crippen LogP contribution in [-0.2, 0) is 9.47 Å². The number of carbonyl (C=O) groups is 2. The molecule has 3 saturated heterocycles. The number of likely N-dealkylation sites (tertiary alicyclic amines) is 2. The van der Waals surface area contributed by atoms with Gasteiger partial charge >= 0.3 is 0 Å². The molecule has 2 amide bonds. The second kappa shape index (κ2) is 7.60. The van der Waals surface area contributed by atoms with Crippen LogP contribution in [0.2, 0.25) is 0 Å². The SMILES string of the molecule is CC1CCCN(C(=O)c2ccc(C(=O)N3CCC4(CC3)OCCO4)cc2)C1. The summed E-state index contributed by atoms with van der Waals surface area (Å²) in [6.45, 7) is 6.36. The summed E-state index contributed by atoms with van der Waals surface area (Å²) < 4.78 is 11.4. The van der Waals surface area contributed by atoms with Crippen molar-refractivity contribution in [2.75, 3.05) is 39.4 Å². The summed E-state index contributed by atoms with van der Waals surface area (Å²) in [6.07, 6.45) is 3.67. The molecule has 1 atom stereocenters. The van der Waals surface area contributed by atoms with Gasteiger partial charge in [0.05, 0.1) is 13.2 Å². The summed E-state index contributed by atoms with van der Waals surface area (Å²) in [7, 11) is 0. The Morgan fingerprint density at radius 3 is 2.04 bits per heavy atom. The number of hydrogen-bond donors (Lipinski definition) is 0. The van der Waals surface area contributed by atoms with Crippen molar-refractivity contribution in [3.05, 3.63) is 35.4 Å². The fourth-order valence-electron chi connectivity index (χ4n) is 4.33. The van der Waals surface area contributed by atoms with Gasteiger partial charge in [-0.2, -0.15) is 0 Å². The summed E-state index contributed by atoms with van der Waals surface area (Å²) in [5.74, 6) is 0.154. The average molecular weight is 372 g/mol. The zero-order valence-corrected chi connectivity index (χ0v) is 16.0. The van der Waals surface area contributed by atoms with E-state index in [1.54, 1.807) is 24.3 Å². The Morgan fingerprint density at radius 1 is 0.926 bits per heavy atom. The number of hydrogen-bond acceptors (Lipinski definition) is 4. The molecule has 3 aliphatic rings. The minimum Gasteiger partial charge on any atom is -0.347 e. The Bertz CT molecular complexity index is 687. The molecule has 1 aromatic rings. The molecule has 3 fully saturated rings. The van der Waals surface area contributed by atoms with Gasteiger partial charge < -0.3 is 19.3 Å². The van der Waals surface area contributed by atoms with Crippen LogP contribution >= 0.6 is 0 Å². The van der Waals surface area contributed by atoms with Crippen molar-refractivity contribution < 1.29 is 19.1 Å². The zero-order chi connectivity index (χ0) is 18.9. The van der Waals surface area contributed by atoms with E-state index in [1.807, 2.05) is 9.80 Å². The van der Waals surface area contributed by atoms with Gasteiger partial charge in [0, 0.05) is 50.1 Å². The molecule has 0 radical (unpaired) electrons. The van der Waals surface area contributed by atoms with Crippen LogP contribution in [0.5, 0.6) is 0 Å². The third-order valence-corrected chi connectivity index (χ3v) is 5.95. The smallest absolute Gasteiger partial charge is 0.253 e. The van der Waals surface area contributed by atoms with Crippen LogP contribution in [0.25, 0.3) is 0 Å². The van der Waals surface area contributed by atoms with E-state index in [4.69, 9.17) is 9.47 Å². The van der Waals surface area contributed by atoms with Crippen molar-refractivity contribution >= 4 is 11.8 Å². The molecular weight excluding hydrogens is 344 g/mol. The van der Waals surface area contributed by atoms with Crippen molar-refractivity contribution in [1.29, 1.82) is 0 Å². The Balaban J connectivity index is 1.37. The second-order valence-electron chi connectivity index (χ2n) is 7.98. The Labute approximate surface area is 160 Å². The van der Waals surface area contributed by atoms with E-state index in [0.29, 0.717) is 56.2 Å². The van der Waals surface area contributed by atoms with Crippen LogP contribution in [-0.4, -0.2) is 66.8 Å². The summed E-state index contributed by atoms with van der Waals surface area (Å²) in [5, 5.41) is 0. The highest BCUT2D eigenvalue weighted by Crippen LogP contribution is 2.31. The molecule has 146 valence electrons. The van der Waals surface area contributed by atoms with Gasteiger partial charge in [0.15, 0.2) is 5.79 Å². The predicted molar refractivity (Wildman–Crippen MR) is 101 cm³/mol. The van der Waals surface area contributed by atoms with Crippen LogP contribution in [0.1, 0.15) is 53.3 Å². The number of benzene rings is 1. The summed E-state index contributed by atoms with van der Waals surface area (Å²) in [4.78, 5) is 29.2. The molecule has 6 nitrogen and oxygen atoms in total. The van der Waals surface area contributed by atoms with E-state index < -0.39 is 5.79 Å². The van der Waals surface area contributed by atoms with Crippen LogP contribution in [0.4, 0.5) is 0 Å². The molecule has 0 saturated carbocycles. The number of rotatable bonds is 2. The maximum absolute atomic E-state index is 12.8. The van der Waals surface area contributed by atoms with Crippen LogP contribution < -0.4 is 0 Å². The molecule has 1 aromatic carbocycles. The minimum absolute atomic E-state index is 0.00782. The lowest BCUT2D eigenvalue weighted by atomic mass is 9.99. The van der Waals surface area contributed by atoms with Crippen molar-refractivity contribution in [3.8, 4) is 0 Å². The quantitative estimate of drug-likeness (QED) is 0.801. The largest absolute Gasteiger partial charge is 0.347 e. The lowest BCUT2D eigenvalue weighted by Gasteiger charge is -2.37. The fourth-order valence-corrected chi connectivity index (χ4v) is 4.33. The summed E-state index contributed by atoms with van der Waals surface area (Å²) in [5.41, 5.74) is 1.29. The van der Waals surface area contributed by atoms with Gasteiger partial charge in [-0.25, -0.2) is 0 Å². The number of nitrogens with zero attached hydrogens (tertiary/aromatic N) is 2. The third-order valence-electron chi connectivity index (χ3n) is 5.95. The molecule has 3 heterocycles. The van der Waals surface area contributed by atoms with Gasteiger partial charge in [0.25, 0.3) is 11.8 Å². The maximum atomic E-state index is 12.8. The van der Waals surface area contributed by atoms with E-state index in [1.165, 1.54) is 6.42 Å². The summed E-state index contributed by atoms with van der Waals surface area (Å²) in [6, 6.07) is 7.11. The normalized spacial score (nSPS) is 25.0. The Hall–Kier alpha value is -1.92. The molecule has 1 spiro atoms. The van der Waals surface area contributed by atoms with Crippen molar-refractivity contribution in [2.24, 2.45) is 5.92 Å². The molecule has 27 heavy (non-hydrogen) atoms. The van der Waals surface area contributed by atoms with E-state index in [0.717, 1.165) is 19.5 Å². The van der Waals surface area contributed by atoms with E-state index >= 15 is 0 Å². The van der Waals surface area contributed by atoms with Gasteiger partial charge in [0.1, 0.15) is 0 Å². The molecule has 0 aliphatic carbocycles. The number of amides is 2. The van der Waals surface area contributed by atoms with Gasteiger partial charge in [-0.3, -0.25) is 9.59 Å². The molecule has 1 unspecified atom stereocenters. The molecule has 6 heteroatoms. The van der Waals surface area contributed by atoms with E-state index in [2.05, 4.69) is 6.92 Å². The van der Waals surface area contributed by atoms with E-state index in [9.17, 15) is 9.59 Å². The third kappa shape index (κ3) is 3.87. The molecule has 0 N–H and O–H groups in total. The average Bonchev–Trinajstić information content (AvgIpc) is 3.15. The van der Waals surface area contributed by atoms with Crippen molar-refractivity contribution in [3.63, 3.8) is 0 Å². The number of piperidine rings is 2. The number of carbonyl (C=O) groups excluding carboxylic acids is 2. The van der Waals surface area contributed by atoms with Crippen LogP contribution in [0.15, 0.2) is 24.3 Å². The molecule has 0 bridgehead atoms. The standard InChI is InChI=1S/C21H28N2O4/c1-16-3-2-10-23(15-16)20(25)18-6-4-17(5-7-18)19(24)22-11-8-21(9-12-22)26-13-14-27-21/h4-7,16H,2-3,8-15H2,1H3. The van der Waals surface area contributed by atoms with Gasteiger partial charge in [0.2, 0.25) is 0 Å². The molecule has 3 aliphatic heterocycles. The highest BCUT2D eigenvalue weighted by Gasteiger charge is 2.40. The maximum Gasteiger partial charge on any atom is 0.253 e. The van der Waals surface area contributed by atoms with Gasteiger partial charge in [-0.15, -0.1) is 0 Å². The first kappa shape index (κ1) is 18.4. The molecular formula is C21H28N2O4. The fraction of sp³-hybridized carbons (Fsp3) is 0.619. The monoisotopic (exact) mass is 372 g/mol. The summed E-state index contributed by atoms with van der Waals surface area (Å²) >= 11 is 0. The first-order chi connectivity index (χ1) is 13.1. The van der Waals surface area contributed by atoms with Crippen LogP contribution in [0, 0.1) is 5.92 Å². The highest BCUT2D eigenvalue weighted by molar-refractivity contribution is 5.98. The molecule has 0 aromatic heterocycles. The lowest BCUT2D eigenvalue weighted by molar-refractivity contribution is -0.181. The first-order valence-electron chi connectivity index (χ1n) is 10.0. The second-order valence-corrected chi connectivity index (χ2v) is 7.98. The lowest BCUT2D eigenvalue weighted by Crippen LogP contribution is -2.47. The van der Waals surface area contributed by atoms with Crippen molar-refractivity contribution in [2.45, 2.75) is 38.4 Å². The minimum atomic E-state index is -0.474. The predicted octanol–water partition coefficient (Wildman–Crippen LogP) is 2.54. The molecule has 4 rings (SSSR count). The zero-order valence-electron chi connectivity index (χ0n) is 16.0. The van der Waals surface area contributed by atoms with Gasteiger partial charge in [-0.1, -0.05) is 6.92 Å². The highest BCUT2D eigenvalue weighted by atomic mass is 16.7. The van der Waals surface area contributed by atoms with Gasteiger partial charge in [-0.05, 0) is 43.0 Å². The van der Waals surface area contributed by atoms with E-state index in [-0.39, 0.29) is 11.8 Å². The topological polar surface area (TPSA) is 59.1 Å². The Morgan fingerprint density at radius 2 is 1.48 bits per heavy atom.